The van der Waals surface area contributed by atoms with E-state index in [1.807, 2.05) is 6.92 Å². The number of ether oxygens (including phenoxy) is 2. The molecule has 1 saturated carbocycles. The molecule has 34 heavy (non-hydrogen) atoms. The molecule has 1 fully saturated rings. The molecule has 0 aromatic heterocycles. The van der Waals surface area contributed by atoms with Gasteiger partial charge in [-0.1, -0.05) is 6.92 Å². The van der Waals surface area contributed by atoms with E-state index in [2.05, 4.69) is 5.32 Å². The highest BCUT2D eigenvalue weighted by atomic mass is 16.5. The Morgan fingerprint density at radius 3 is 2.15 bits per heavy atom. The quantitative estimate of drug-likeness (QED) is 0.340. The summed E-state index contributed by atoms with van der Waals surface area (Å²) in [7, 11) is 0. The summed E-state index contributed by atoms with van der Waals surface area (Å²) in [6.45, 7) is 3.10. The summed E-state index contributed by atoms with van der Waals surface area (Å²) in [6, 6.07) is 14.1. The summed E-state index contributed by atoms with van der Waals surface area (Å²) in [5.41, 5.74) is 1.16. The van der Waals surface area contributed by atoms with Crippen LogP contribution in [0.5, 0.6) is 11.5 Å². The summed E-state index contributed by atoms with van der Waals surface area (Å²) >= 11 is 0. The topological polar surface area (TPSA) is 102 Å². The number of rotatable bonds is 12. The molecule has 2 aromatic carbocycles. The van der Waals surface area contributed by atoms with Crippen LogP contribution in [0.2, 0.25) is 0 Å². The fourth-order valence-electron chi connectivity index (χ4n) is 3.96. The number of hydrogen-bond acceptors (Lipinski definition) is 5. The summed E-state index contributed by atoms with van der Waals surface area (Å²) < 4.78 is 11.5. The number of carboxylic acids is 1. The summed E-state index contributed by atoms with van der Waals surface area (Å²) in [6.07, 6.45) is 4.53. The molecule has 0 bridgehead atoms. The molecule has 0 saturated heterocycles. The smallest absolute Gasteiger partial charge is 0.306 e. The molecule has 7 nitrogen and oxygen atoms in total. The van der Waals surface area contributed by atoms with E-state index in [1.54, 1.807) is 48.5 Å². The van der Waals surface area contributed by atoms with Crippen molar-refractivity contribution in [2.75, 3.05) is 13.2 Å². The molecule has 7 heteroatoms. The average Bonchev–Trinajstić information content (AvgIpc) is 2.86. The Morgan fingerprint density at radius 2 is 1.53 bits per heavy atom. The number of Topliss-reactive ketones (excluding diaryl/α,β-unsaturated/α-hetero) is 1. The summed E-state index contributed by atoms with van der Waals surface area (Å²) in [5.74, 6) is 0.274. The van der Waals surface area contributed by atoms with E-state index in [1.165, 1.54) is 0 Å². The molecule has 0 aliphatic heterocycles. The van der Waals surface area contributed by atoms with E-state index in [4.69, 9.17) is 14.6 Å². The monoisotopic (exact) mass is 467 g/mol. The zero-order valence-corrected chi connectivity index (χ0v) is 19.6. The van der Waals surface area contributed by atoms with Gasteiger partial charge in [0.1, 0.15) is 11.5 Å². The molecule has 1 amide bonds. The van der Waals surface area contributed by atoms with Crippen LogP contribution in [-0.4, -0.2) is 42.0 Å². The predicted molar refractivity (Wildman–Crippen MR) is 129 cm³/mol. The van der Waals surface area contributed by atoms with Crippen LogP contribution >= 0.6 is 0 Å². The Morgan fingerprint density at radius 1 is 0.912 bits per heavy atom. The third-order valence-electron chi connectivity index (χ3n) is 5.96. The SMILES string of the molecule is CCCOc1ccc(C(=O)NCCCC(=O)c2ccc(OC3CCC(C(=O)O)CC3)cc2)cc1. The van der Waals surface area contributed by atoms with Gasteiger partial charge in [0.15, 0.2) is 5.78 Å². The predicted octanol–water partition coefficient (Wildman–Crippen LogP) is 4.89. The second kappa shape index (κ2) is 12.8. The third kappa shape index (κ3) is 7.61. The van der Waals surface area contributed by atoms with Crippen LogP contribution in [-0.2, 0) is 4.79 Å². The van der Waals surface area contributed by atoms with Gasteiger partial charge in [0, 0.05) is 24.1 Å². The minimum absolute atomic E-state index is 0.0141. The number of amides is 1. The van der Waals surface area contributed by atoms with Gasteiger partial charge in [-0.25, -0.2) is 0 Å². The van der Waals surface area contributed by atoms with Gasteiger partial charge in [-0.3, -0.25) is 14.4 Å². The Hall–Kier alpha value is -3.35. The first-order valence-electron chi connectivity index (χ1n) is 12.0. The second-order valence-electron chi connectivity index (χ2n) is 8.61. The van der Waals surface area contributed by atoms with Crippen LogP contribution in [0, 0.1) is 5.92 Å². The van der Waals surface area contributed by atoms with Crippen molar-refractivity contribution in [3.8, 4) is 11.5 Å². The molecule has 3 rings (SSSR count). The summed E-state index contributed by atoms with van der Waals surface area (Å²) in [4.78, 5) is 35.8. The molecule has 182 valence electrons. The first kappa shape index (κ1) is 25.3. The molecule has 0 spiro atoms. The minimum atomic E-state index is -0.729. The van der Waals surface area contributed by atoms with E-state index in [-0.39, 0.29) is 23.7 Å². The molecule has 2 aromatic rings. The minimum Gasteiger partial charge on any atom is -0.494 e. The van der Waals surface area contributed by atoms with Gasteiger partial charge < -0.3 is 19.9 Å². The highest BCUT2D eigenvalue weighted by Gasteiger charge is 2.26. The number of carbonyl (C=O) groups excluding carboxylic acids is 2. The van der Waals surface area contributed by atoms with E-state index < -0.39 is 5.97 Å². The van der Waals surface area contributed by atoms with Crippen molar-refractivity contribution in [1.29, 1.82) is 0 Å². The maximum atomic E-state index is 12.5. The van der Waals surface area contributed by atoms with Gasteiger partial charge in [-0.15, -0.1) is 0 Å². The largest absolute Gasteiger partial charge is 0.494 e. The van der Waals surface area contributed by atoms with Crippen molar-refractivity contribution < 1.29 is 29.0 Å². The van der Waals surface area contributed by atoms with Gasteiger partial charge >= 0.3 is 5.97 Å². The van der Waals surface area contributed by atoms with Crippen molar-refractivity contribution in [3.05, 3.63) is 59.7 Å². The van der Waals surface area contributed by atoms with E-state index in [0.717, 1.165) is 25.0 Å². The van der Waals surface area contributed by atoms with Crippen molar-refractivity contribution in [3.63, 3.8) is 0 Å². The van der Waals surface area contributed by atoms with Crippen LogP contribution in [0.4, 0.5) is 0 Å². The Labute approximate surface area is 200 Å². The molecular formula is C27H33NO6. The van der Waals surface area contributed by atoms with Crippen molar-refractivity contribution in [2.24, 2.45) is 5.92 Å². The first-order chi connectivity index (χ1) is 16.5. The van der Waals surface area contributed by atoms with Crippen molar-refractivity contribution in [2.45, 2.75) is 58.0 Å². The number of carboxylic acid groups (broad SMARTS) is 1. The van der Waals surface area contributed by atoms with Gasteiger partial charge in [0.25, 0.3) is 5.91 Å². The van der Waals surface area contributed by atoms with E-state index >= 15 is 0 Å². The second-order valence-corrected chi connectivity index (χ2v) is 8.61. The molecule has 1 aliphatic carbocycles. The number of nitrogens with one attached hydrogen (secondary N) is 1. The van der Waals surface area contributed by atoms with Crippen LogP contribution in [0.3, 0.4) is 0 Å². The average molecular weight is 468 g/mol. The Bertz CT molecular complexity index is 946. The number of benzene rings is 2. The molecule has 1 aliphatic rings. The van der Waals surface area contributed by atoms with Gasteiger partial charge in [-0.05, 0) is 87.1 Å². The molecule has 0 radical (unpaired) electrons. The molecular weight excluding hydrogens is 434 g/mol. The number of aliphatic carboxylic acids is 1. The van der Waals surface area contributed by atoms with Crippen molar-refractivity contribution in [1.82, 2.24) is 5.32 Å². The Kier molecular flexibility index (Phi) is 9.50. The molecule has 0 atom stereocenters. The van der Waals surface area contributed by atoms with Crippen LogP contribution in [0.15, 0.2) is 48.5 Å². The first-order valence-corrected chi connectivity index (χ1v) is 12.0. The third-order valence-corrected chi connectivity index (χ3v) is 5.96. The fourth-order valence-corrected chi connectivity index (χ4v) is 3.96. The molecule has 2 N–H and O–H groups in total. The van der Waals surface area contributed by atoms with Gasteiger partial charge in [0.05, 0.1) is 18.6 Å². The Balaban J connectivity index is 1.36. The van der Waals surface area contributed by atoms with Gasteiger partial charge in [-0.2, -0.15) is 0 Å². The standard InChI is InChI=1S/C27H33NO6/c1-2-18-33-22-11-7-20(8-12-22)26(30)28-17-3-4-25(29)19-5-13-23(14-6-19)34-24-15-9-21(10-16-24)27(31)32/h5-8,11-14,21,24H,2-4,9-10,15-18H2,1H3,(H,28,30)(H,31,32). The molecule has 0 heterocycles. The normalized spacial score (nSPS) is 17.6. The molecule has 0 unspecified atom stereocenters. The maximum absolute atomic E-state index is 12.5. The summed E-state index contributed by atoms with van der Waals surface area (Å²) in [5, 5.41) is 11.9. The number of hydrogen-bond donors (Lipinski definition) is 2. The van der Waals surface area contributed by atoms with E-state index in [9.17, 15) is 14.4 Å². The lowest BCUT2D eigenvalue weighted by Crippen LogP contribution is -2.27. The van der Waals surface area contributed by atoms with Crippen LogP contribution in [0.25, 0.3) is 0 Å². The fraction of sp³-hybridized carbons (Fsp3) is 0.444. The zero-order chi connectivity index (χ0) is 24.3. The van der Waals surface area contributed by atoms with Gasteiger partial charge in [0.2, 0.25) is 0 Å². The lowest BCUT2D eigenvalue weighted by atomic mass is 9.87. The van der Waals surface area contributed by atoms with Crippen LogP contribution in [0.1, 0.15) is 72.6 Å². The zero-order valence-electron chi connectivity index (χ0n) is 19.6. The number of ketones is 1. The van der Waals surface area contributed by atoms with E-state index in [0.29, 0.717) is 55.7 Å². The highest BCUT2D eigenvalue weighted by Crippen LogP contribution is 2.28. The van der Waals surface area contributed by atoms with Crippen LogP contribution < -0.4 is 14.8 Å². The lowest BCUT2D eigenvalue weighted by molar-refractivity contribution is -0.143. The number of carbonyl (C=O) groups is 3. The van der Waals surface area contributed by atoms with Crippen molar-refractivity contribution >= 4 is 17.7 Å². The highest BCUT2D eigenvalue weighted by molar-refractivity contribution is 5.96. The maximum Gasteiger partial charge on any atom is 0.306 e. The lowest BCUT2D eigenvalue weighted by Gasteiger charge is -2.26.